The smallest absolute Gasteiger partial charge is 0.353 e. The fourth-order valence-corrected chi connectivity index (χ4v) is 0.405. The van der Waals surface area contributed by atoms with Gasteiger partial charge in [0.2, 0.25) is 5.78 Å². The molecule has 0 radical (unpaired) electrons. The molecule has 6 heteroatoms. The van der Waals surface area contributed by atoms with E-state index in [0.29, 0.717) is 0 Å². The van der Waals surface area contributed by atoms with Gasteiger partial charge in [-0.3, -0.25) is 4.79 Å². The van der Waals surface area contributed by atoms with Crippen molar-refractivity contribution in [1.29, 1.82) is 0 Å². The quantitative estimate of drug-likeness (QED) is 0.585. The molecule has 0 bridgehead atoms. The van der Waals surface area contributed by atoms with Crippen molar-refractivity contribution < 1.29 is 28.2 Å². The van der Waals surface area contributed by atoms with Gasteiger partial charge in [0.05, 0.1) is 0 Å². The second-order valence-electron chi connectivity index (χ2n) is 1.95. The summed E-state index contributed by atoms with van der Waals surface area (Å²) in [5.41, 5.74) is 0. The Morgan fingerprint density at radius 3 is 1.82 bits per heavy atom. The van der Waals surface area contributed by atoms with Gasteiger partial charge >= 0.3 is 12.0 Å². The number of halogens is 3. The summed E-state index contributed by atoms with van der Waals surface area (Å²) in [6, 6.07) is 0. The van der Waals surface area contributed by atoms with Crippen LogP contribution in [0.5, 0.6) is 0 Å². The predicted molar refractivity (Wildman–Crippen MR) is 28.5 cm³/mol. The summed E-state index contributed by atoms with van der Waals surface area (Å²) in [5.74, 6) is -5.85. The molecule has 3 nitrogen and oxygen atoms in total. The second kappa shape index (κ2) is 2.78. The van der Waals surface area contributed by atoms with Crippen LogP contribution in [0.25, 0.3) is 0 Å². The number of hydrogen-bond acceptors (Lipinski definition) is 3. The van der Waals surface area contributed by atoms with E-state index in [2.05, 4.69) is 0 Å². The SMILES string of the molecule is CCC(=O)C(O)(O)C(F)(F)F. The lowest BCUT2D eigenvalue weighted by Crippen LogP contribution is -2.51. The first-order chi connectivity index (χ1) is 4.73. The molecule has 0 rings (SSSR count). The lowest BCUT2D eigenvalue weighted by Gasteiger charge is -2.21. The summed E-state index contributed by atoms with van der Waals surface area (Å²) >= 11 is 0. The number of carbonyl (C=O) groups is 1. The van der Waals surface area contributed by atoms with Crippen LogP contribution in [-0.4, -0.2) is 28.0 Å². The number of rotatable bonds is 2. The van der Waals surface area contributed by atoms with Gasteiger partial charge in [-0.15, -0.1) is 0 Å². The van der Waals surface area contributed by atoms with Crippen molar-refractivity contribution in [3.05, 3.63) is 0 Å². The molecule has 0 spiro atoms. The van der Waals surface area contributed by atoms with Crippen molar-refractivity contribution in [2.45, 2.75) is 25.3 Å². The van der Waals surface area contributed by atoms with Crippen LogP contribution >= 0.6 is 0 Å². The molecule has 0 unspecified atom stereocenters. The molecule has 0 heterocycles. The van der Waals surface area contributed by atoms with E-state index < -0.39 is 24.2 Å². The Morgan fingerprint density at radius 1 is 1.36 bits per heavy atom. The fraction of sp³-hybridized carbons (Fsp3) is 0.800. The van der Waals surface area contributed by atoms with Crippen molar-refractivity contribution in [3.8, 4) is 0 Å². The number of ketones is 1. The van der Waals surface area contributed by atoms with E-state index in [1.54, 1.807) is 0 Å². The molecule has 0 aromatic rings. The van der Waals surface area contributed by atoms with Gasteiger partial charge in [0.25, 0.3) is 0 Å². The largest absolute Gasteiger partial charge is 0.451 e. The van der Waals surface area contributed by atoms with Crippen molar-refractivity contribution in [1.82, 2.24) is 0 Å². The highest BCUT2D eigenvalue weighted by Crippen LogP contribution is 2.29. The minimum absolute atomic E-state index is 0.577. The highest BCUT2D eigenvalue weighted by atomic mass is 19.4. The molecule has 66 valence electrons. The summed E-state index contributed by atoms with van der Waals surface area (Å²) in [6.07, 6.45) is -5.90. The maximum absolute atomic E-state index is 11.6. The van der Waals surface area contributed by atoms with Crippen LogP contribution in [0.15, 0.2) is 0 Å². The van der Waals surface area contributed by atoms with E-state index in [4.69, 9.17) is 10.2 Å². The van der Waals surface area contributed by atoms with Gasteiger partial charge in [0.1, 0.15) is 0 Å². The van der Waals surface area contributed by atoms with Crippen molar-refractivity contribution >= 4 is 5.78 Å². The number of carbonyl (C=O) groups excluding carboxylic acids is 1. The lowest BCUT2D eigenvalue weighted by molar-refractivity contribution is -0.327. The summed E-state index contributed by atoms with van der Waals surface area (Å²) in [5, 5.41) is 16.4. The van der Waals surface area contributed by atoms with E-state index in [1.807, 2.05) is 0 Å². The molecule has 2 N–H and O–H groups in total. The van der Waals surface area contributed by atoms with Gasteiger partial charge in [0, 0.05) is 6.42 Å². The average Bonchev–Trinajstić information content (AvgIpc) is 1.83. The fourth-order valence-electron chi connectivity index (χ4n) is 0.405. The third-order valence-corrected chi connectivity index (χ3v) is 1.11. The Balaban J connectivity index is 4.59. The van der Waals surface area contributed by atoms with Gasteiger partial charge in [-0.05, 0) is 0 Å². The minimum Gasteiger partial charge on any atom is -0.353 e. The molecule has 0 saturated carbocycles. The molecule has 0 aliphatic rings. The molecule has 0 aliphatic heterocycles. The first-order valence-electron chi connectivity index (χ1n) is 2.78. The second-order valence-corrected chi connectivity index (χ2v) is 1.95. The van der Waals surface area contributed by atoms with E-state index >= 15 is 0 Å². The van der Waals surface area contributed by atoms with Crippen LogP contribution in [0.4, 0.5) is 13.2 Å². The van der Waals surface area contributed by atoms with Gasteiger partial charge in [0.15, 0.2) is 0 Å². The Kier molecular flexibility index (Phi) is 2.63. The van der Waals surface area contributed by atoms with Crippen LogP contribution < -0.4 is 0 Å². The molecule has 0 aromatic heterocycles. The zero-order chi connectivity index (χ0) is 9.28. The van der Waals surface area contributed by atoms with Crippen molar-refractivity contribution in [2.24, 2.45) is 0 Å². The summed E-state index contributed by atoms with van der Waals surface area (Å²) in [6.45, 7) is 1.11. The van der Waals surface area contributed by atoms with Crippen LogP contribution in [-0.2, 0) is 4.79 Å². The van der Waals surface area contributed by atoms with Gasteiger partial charge in [-0.25, -0.2) is 0 Å². The zero-order valence-electron chi connectivity index (χ0n) is 5.64. The molecule has 0 aliphatic carbocycles. The first kappa shape index (κ1) is 10.4. The van der Waals surface area contributed by atoms with E-state index in [1.165, 1.54) is 0 Å². The Bertz CT molecular complexity index is 161. The minimum atomic E-state index is -5.32. The van der Waals surface area contributed by atoms with Gasteiger partial charge in [-0.2, -0.15) is 13.2 Å². The maximum atomic E-state index is 11.6. The lowest BCUT2D eigenvalue weighted by atomic mass is 10.1. The third kappa shape index (κ3) is 1.90. The molecule has 0 atom stereocenters. The van der Waals surface area contributed by atoms with Gasteiger partial charge < -0.3 is 10.2 Å². The molecule has 11 heavy (non-hydrogen) atoms. The molecular weight excluding hydrogens is 165 g/mol. The summed E-state index contributed by atoms with van der Waals surface area (Å²) in [7, 11) is 0. The molecule has 0 saturated heterocycles. The zero-order valence-corrected chi connectivity index (χ0v) is 5.64. The summed E-state index contributed by atoms with van der Waals surface area (Å²) in [4.78, 5) is 10.3. The van der Waals surface area contributed by atoms with Crippen LogP contribution in [0.1, 0.15) is 13.3 Å². The van der Waals surface area contributed by atoms with E-state index in [9.17, 15) is 18.0 Å². The first-order valence-corrected chi connectivity index (χ1v) is 2.78. The Morgan fingerprint density at radius 2 is 1.73 bits per heavy atom. The van der Waals surface area contributed by atoms with Crippen LogP contribution in [0.2, 0.25) is 0 Å². The standard InChI is InChI=1S/C5H7F3O3/c1-2-3(9)4(10,11)5(6,7)8/h10-11H,2H2,1H3. The molecule has 0 fully saturated rings. The molecule has 0 aromatic carbocycles. The highest BCUT2D eigenvalue weighted by molar-refractivity contribution is 5.85. The monoisotopic (exact) mass is 172 g/mol. The van der Waals surface area contributed by atoms with Crippen molar-refractivity contribution in [3.63, 3.8) is 0 Å². The topological polar surface area (TPSA) is 57.5 Å². The summed E-state index contributed by atoms with van der Waals surface area (Å²) < 4.78 is 34.7. The number of hydrogen-bond donors (Lipinski definition) is 2. The maximum Gasteiger partial charge on any atom is 0.451 e. The Labute approximate surface area is 60.4 Å². The number of aliphatic hydroxyl groups is 2. The number of alkyl halides is 3. The van der Waals surface area contributed by atoms with Crippen molar-refractivity contribution in [2.75, 3.05) is 0 Å². The van der Waals surface area contributed by atoms with Crippen LogP contribution in [0.3, 0.4) is 0 Å². The molecule has 0 amide bonds. The predicted octanol–water partition coefficient (Wildman–Crippen LogP) is 0.209. The van der Waals surface area contributed by atoms with E-state index in [0.717, 1.165) is 6.92 Å². The average molecular weight is 172 g/mol. The number of Topliss-reactive ketones (excluding diaryl/α,β-unsaturated/α-hetero) is 1. The highest BCUT2D eigenvalue weighted by Gasteiger charge is 2.57. The Hall–Kier alpha value is -0.620. The normalized spacial score (nSPS) is 13.3. The van der Waals surface area contributed by atoms with E-state index in [-0.39, 0.29) is 0 Å². The van der Waals surface area contributed by atoms with Crippen LogP contribution in [0, 0.1) is 0 Å². The van der Waals surface area contributed by atoms with Gasteiger partial charge in [-0.1, -0.05) is 6.92 Å². The molecular formula is C5H7F3O3. The third-order valence-electron chi connectivity index (χ3n) is 1.11.